The molecule has 10 nitrogen and oxygen atoms in total. The molecule has 0 rings (SSSR count). The fourth-order valence-electron chi connectivity index (χ4n) is 2.61. The van der Waals surface area contributed by atoms with E-state index in [4.69, 9.17) is 10.8 Å². The third kappa shape index (κ3) is 9.23. The summed E-state index contributed by atoms with van der Waals surface area (Å²) in [6.07, 6.45) is 0.254. The Morgan fingerprint density at radius 1 is 0.793 bits per heavy atom. The van der Waals surface area contributed by atoms with E-state index in [1.807, 2.05) is 13.8 Å². The molecule has 0 saturated carbocycles. The zero-order chi connectivity index (χ0) is 22.9. The van der Waals surface area contributed by atoms with Gasteiger partial charge < -0.3 is 31.9 Å². The molecule has 0 saturated heterocycles. The van der Waals surface area contributed by atoms with E-state index in [0.717, 1.165) is 0 Å². The Balaban J connectivity index is 5.32. The molecule has 0 fully saturated rings. The quantitative estimate of drug-likeness (QED) is 0.242. The van der Waals surface area contributed by atoms with Crippen LogP contribution in [-0.2, 0) is 19.2 Å². The molecule has 0 aliphatic rings. The second kappa shape index (κ2) is 12.4. The topological polar surface area (TPSA) is 171 Å². The van der Waals surface area contributed by atoms with Crippen molar-refractivity contribution in [3.05, 3.63) is 0 Å². The van der Waals surface area contributed by atoms with Crippen LogP contribution in [0.25, 0.3) is 0 Å². The molecule has 4 atom stereocenters. The number of carbonyl (C=O) groups excluding carboxylic acids is 3. The van der Waals surface area contributed by atoms with E-state index < -0.39 is 54.5 Å². The van der Waals surface area contributed by atoms with Crippen molar-refractivity contribution in [1.82, 2.24) is 16.0 Å². The van der Waals surface area contributed by atoms with E-state index in [1.54, 1.807) is 27.7 Å². The Morgan fingerprint density at radius 2 is 1.21 bits per heavy atom. The van der Waals surface area contributed by atoms with Gasteiger partial charge in [-0.05, 0) is 24.2 Å². The number of hydrogen-bond donors (Lipinski definition) is 6. The van der Waals surface area contributed by atoms with E-state index in [0.29, 0.717) is 0 Å². The molecule has 0 aliphatic carbocycles. The lowest BCUT2D eigenvalue weighted by molar-refractivity contribution is -0.143. The molecule has 29 heavy (non-hydrogen) atoms. The number of carboxylic acids is 1. The van der Waals surface area contributed by atoms with Crippen LogP contribution in [0, 0.1) is 17.8 Å². The fraction of sp³-hybridized carbons (Fsp3) is 0.789. The van der Waals surface area contributed by atoms with Gasteiger partial charge in [-0.1, -0.05) is 41.5 Å². The lowest BCUT2D eigenvalue weighted by Gasteiger charge is -2.28. The van der Waals surface area contributed by atoms with Gasteiger partial charge in [0.15, 0.2) is 0 Å². The number of aliphatic hydroxyl groups is 1. The zero-order valence-electron chi connectivity index (χ0n) is 18.1. The van der Waals surface area contributed by atoms with Gasteiger partial charge in [0.2, 0.25) is 17.7 Å². The van der Waals surface area contributed by atoms with E-state index in [2.05, 4.69) is 16.0 Å². The fourth-order valence-corrected chi connectivity index (χ4v) is 2.61. The van der Waals surface area contributed by atoms with Crippen LogP contribution >= 0.6 is 0 Å². The van der Waals surface area contributed by atoms with Crippen LogP contribution in [0.15, 0.2) is 0 Å². The summed E-state index contributed by atoms with van der Waals surface area (Å²) in [7, 11) is 0. The smallest absolute Gasteiger partial charge is 0.326 e. The van der Waals surface area contributed by atoms with Gasteiger partial charge in [-0.25, -0.2) is 4.79 Å². The van der Waals surface area contributed by atoms with E-state index in [9.17, 15) is 24.3 Å². The van der Waals surface area contributed by atoms with E-state index in [1.165, 1.54) is 0 Å². The van der Waals surface area contributed by atoms with E-state index >= 15 is 0 Å². The first-order valence-electron chi connectivity index (χ1n) is 9.82. The summed E-state index contributed by atoms with van der Waals surface area (Å²) in [5.74, 6) is -3.62. The summed E-state index contributed by atoms with van der Waals surface area (Å²) in [6, 6.07) is -4.19. The molecule has 0 spiro atoms. The molecule has 10 heteroatoms. The van der Waals surface area contributed by atoms with Gasteiger partial charge in [-0.2, -0.15) is 0 Å². The molecule has 3 amide bonds. The Kier molecular flexibility index (Phi) is 11.4. The highest BCUT2D eigenvalue weighted by molar-refractivity contribution is 5.94. The van der Waals surface area contributed by atoms with Crippen LogP contribution in [0.3, 0.4) is 0 Å². The van der Waals surface area contributed by atoms with Gasteiger partial charge in [-0.15, -0.1) is 0 Å². The highest BCUT2D eigenvalue weighted by atomic mass is 16.4. The van der Waals surface area contributed by atoms with Crippen LogP contribution < -0.4 is 21.7 Å². The minimum Gasteiger partial charge on any atom is -0.480 e. The standard InChI is InChI=1S/C19H36N4O6/c1-9(2)7-13(19(28)29)21-17(26)14(10(3)4)23-18(27)15(11(5)6)22-16(25)12(20)8-24/h9-15,24H,7-8,20H2,1-6H3,(H,21,26)(H,22,25)(H,23,27)(H,28,29). The average molecular weight is 417 g/mol. The lowest BCUT2D eigenvalue weighted by atomic mass is 9.98. The number of carbonyl (C=O) groups is 4. The number of nitrogens with one attached hydrogen (secondary N) is 3. The van der Waals surface area contributed by atoms with Crippen molar-refractivity contribution in [3.63, 3.8) is 0 Å². The maximum Gasteiger partial charge on any atom is 0.326 e. The Labute approximate surface area is 172 Å². The van der Waals surface area contributed by atoms with Crippen LogP contribution in [0.1, 0.15) is 48.0 Å². The van der Waals surface area contributed by atoms with Crippen molar-refractivity contribution in [1.29, 1.82) is 0 Å². The van der Waals surface area contributed by atoms with E-state index in [-0.39, 0.29) is 24.2 Å². The van der Waals surface area contributed by atoms with Crippen LogP contribution in [0.5, 0.6) is 0 Å². The van der Waals surface area contributed by atoms with Gasteiger partial charge in [0.25, 0.3) is 0 Å². The summed E-state index contributed by atoms with van der Waals surface area (Å²) in [6.45, 7) is 9.97. The average Bonchev–Trinajstić information content (AvgIpc) is 2.61. The zero-order valence-corrected chi connectivity index (χ0v) is 18.1. The summed E-state index contributed by atoms with van der Waals surface area (Å²) >= 11 is 0. The molecule has 0 aromatic carbocycles. The van der Waals surface area contributed by atoms with Crippen molar-refractivity contribution in [2.24, 2.45) is 23.5 Å². The molecule has 0 radical (unpaired) electrons. The first-order valence-corrected chi connectivity index (χ1v) is 9.82. The highest BCUT2D eigenvalue weighted by Crippen LogP contribution is 2.09. The van der Waals surface area contributed by atoms with Crippen molar-refractivity contribution in [3.8, 4) is 0 Å². The molecule has 0 aromatic heterocycles. The summed E-state index contributed by atoms with van der Waals surface area (Å²) in [4.78, 5) is 48.7. The largest absolute Gasteiger partial charge is 0.480 e. The molecule has 0 bridgehead atoms. The van der Waals surface area contributed by atoms with Gasteiger partial charge in [0.1, 0.15) is 24.2 Å². The maximum absolute atomic E-state index is 12.7. The second-order valence-corrected chi connectivity index (χ2v) is 8.28. The molecular formula is C19H36N4O6. The van der Waals surface area contributed by atoms with Crippen LogP contribution in [0.2, 0.25) is 0 Å². The molecular weight excluding hydrogens is 380 g/mol. The van der Waals surface area contributed by atoms with Crippen molar-refractivity contribution in [2.45, 2.75) is 72.1 Å². The van der Waals surface area contributed by atoms with Crippen molar-refractivity contribution in [2.75, 3.05) is 6.61 Å². The Bertz CT molecular complexity index is 579. The number of nitrogens with two attached hydrogens (primary N) is 1. The number of rotatable bonds is 12. The summed E-state index contributed by atoms with van der Waals surface area (Å²) in [5, 5.41) is 25.9. The number of hydrogen-bond acceptors (Lipinski definition) is 6. The first kappa shape index (κ1) is 26.8. The van der Waals surface area contributed by atoms with Crippen molar-refractivity contribution >= 4 is 23.7 Å². The molecule has 4 unspecified atom stereocenters. The SMILES string of the molecule is CC(C)CC(NC(=O)C(NC(=O)C(NC(=O)C(N)CO)C(C)C)C(C)C)C(=O)O. The minimum absolute atomic E-state index is 0.0553. The number of carboxylic acid groups (broad SMARTS) is 1. The first-order chi connectivity index (χ1) is 13.3. The molecule has 168 valence electrons. The van der Waals surface area contributed by atoms with Crippen LogP contribution in [0.4, 0.5) is 0 Å². The number of amides is 3. The lowest BCUT2D eigenvalue weighted by Crippen LogP contribution is -2.59. The second-order valence-electron chi connectivity index (χ2n) is 8.28. The number of aliphatic hydroxyl groups excluding tert-OH is 1. The minimum atomic E-state index is -1.17. The molecule has 0 aliphatic heterocycles. The molecule has 0 aromatic rings. The van der Waals surface area contributed by atoms with Gasteiger partial charge in [-0.3, -0.25) is 14.4 Å². The van der Waals surface area contributed by atoms with Gasteiger partial charge in [0, 0.05) is 0 Å². The summed E-state index contributed by atoms with van der Waals surface area (Å²) < 4.78 is 0. The third-order valence-electron chi connectivity index (χ3n) is 4.35. The molecule has 0 heterocycles. The predicted octanol–water partition coefficient (Wildman–Crippen LogP) is -0.797. The molecule has 7 N–H and O–H groups in total. The van der Waals surface area contributed by atoms with Gasteiger partial charge >= 0.3 is 5.97 Å². The Hall–Kier alpha value is -2.20. The number of aliphatic carboxylic acids is 1. The monoisotopic (exact) mass is 416 g/mol. The summed E-state index contributed by atoms with van der Waals surface area (Å²) in [5.41, 5.74) is 5.47. The maximum atomic E-state index is 12.7. The third-order valence-corrected chi connectivity index (χ3v) is 4.35. The van der Waals surface area contributed by atoms with Crippen LogP contribution in [-0.4, -0.2) is 64.7 Å². The van der Waals surface area contributed by atoms with Gasteiger partial charge in [0.05, 0.1) is 6.61 Å². The normalized spacial score (nSPS) is 15.6. The predicted molar refractivity (Wildman–Crippen MR) is 108 cm³/mol. The Morgan fingerprint density at radius 3 is 1.55 bits per heavy atom. The van der Waals surface area contributed by atoms with Crippen molar-refractivity contribution < 1.29 is 29.4 Å². The highest BCUT2D eigenvalue weighted by Gasteiger charge is 2.33.